The van der Waals surface area contributed by atoms with Crippen molar-refractivity contribution in [3.8, 4) is 0 Å². The van der Waals surface area contributed by atoms with Gasteiger partial charge in [0.2, 0.25) is 0 Å². The molecule has 3 fully saturated rings. The van der Waals surface area contributed by atoms with Crippen LogP contribution in [0.4, 0.5) is 0 Å². The fourth-order valence-electron chi connectivity index (χ4n) is 3.12. The molecule has 88 valence electrons. The van der Waals surface area contributed by atoms with E-state index >= 15 is 0 Å². The maximum Gasteiger partial charge on any atom is 0.309 e. The number of rotatable bonds is 1. The van der Waals surface area contributed by atoms with Gasteiger partial charge in [0.15, 0.2) is 0 Å². The SMILES string of the molecule is COC(=O)[C@@H]1C[C@H]2C(=O)C[C@]1(C)[C@H](C)C2=O. The third-order valence-corrected chi connectivity index (χ3v) is 4.46. The van der Waals surface area contributed by atoms with E-state index in [0.717, 1.165) is 0 Å². The fraction of sp³-hybridized carbons (Fsp3) is 0.750. The Morgan fingerprint density at radius 2 is 2.06 bits per heavy atom. The average molecular weight is 224 g/mol. The summed E-state index contributed by atoms with van der Waals surface area (Å²) >= 11 is 0. The van der Waals surface area contributed by atoms with Crippen molar-refractivity contribution >= 4 is 17.5 Å². The summed E-state index contributed by atoms with van der Waals surface area (Å²) in [6, 6.07) is 0. The average Bonchev–Trinajstić information content (AvgIpc) is 2.24. The van der Waals surface area contributed by atoms with E-state index in [4.69, 9.17) is 4.74 Å². The summed E-state index contributed by atoms with van der Waals surface area (Å²) < 4.78 is 4.76. The van der Waals surface area contributed by atoms with Gasteiger partial charge in [-0.05, 0) is 11.8 Å². The Kier molecular flexibility index (Phi) is 2.40. The smallest absolute Gasteiger partial charge is 0.309 e. The second kappa shape index (κ2) is 3.40. The Morgan fingerprint density at radius 3 is 2.62 bits per heavy atom. The standard InChI is InChI=1S/C12H16O4/c1-6-10(14)7-4-8(11(15)16-3)12(6,2)5-9(7)13/h6-8H,4-5H2,1-3H3/t6-,7+,8+,12-/m1/s1. The van der Waals surface area contributed by atoms with Gasteiger partial charge in [-0.3, -0.25) is 14.4 Å². The second-order valence-electron chi connectivity index (χ2n) is 5.14. The Hall–Kier alpha value is -1.19. The minimum absolute atomic E-state index is 0.00102. The van der Waals surface area contributed by atoms with Crippen molar-refractivity contribution in [3.63, 3.8) is 0 Å². The lowest BCUT2D eigenvalue weighted by atomic mass is 9.50. The van der Waals surface area contributed by atoms with Gasteiger partial charge in [-0.1, -0.05) is 13.8 Å². The van der Waals surface area contributed by atoms with Gasteiger partial charge in [0.05, 0.1) is 18.9 Å². The largest absolute Gasteiger partial charge is 0.469 e. The van der Waals surface area contributed by atoms with Crippen LogP contribution in [0.5, 0.6) is 0 Å². The van der Waals surface area contributed by atoms with Crippen molar-refractivity contribution in [2.24, 2.45) is 23.2 Å². The lowest BCUT2D eigenvalue weighted by Gasteiger charge is -2.50. The normalized spacial score (nSPS) is 42.3. The molecule has 0 aromatic rings. The van der Waals surface area contributed by atoms with Gasteiger partial charge in [-0.25, -0.2) is 0 Å². The van der Waals surface area contributed by atoms with Crippen LogP contribution in [0.1, 0.15) is 26.7 Å². The molecule has 0 heterocycles. The first-order valence-electron chi connectivity index (χ1n) is 5.56. The third-order valence-electron chi connectivity index (χ3n) is 4.46. The van der Waals surface area contributed by atoms with E-state index in [-0.39, 0.29) is 29.4 Å². The maximum atomic E-state index is 11.9. The minimum atomic E-state index is -0.569. The van der Waals surface area contributed by atoms with E-state index in [1.165, 1.54) is 7.11 Å². The summed E-state index contributed by atoms with van der Waals surface area (Å²) in [5, 5.41) is 0. The number of Topliss-reactive ketones (excluding diaryl/α,β-unsaturated/α-hetero) is 2. The van der Waals surface area contributed by atoms with E-state index in [9.17, 15) is 14.4 Å². The van der Waals surface area contributed by atoms with Crippen molar-refractivity contribution in [1.29, 1.82) is 0 Å². The number of methoxy groups -OCH3 is 1. The van der Waals surface area contributed by atoms with Gasteiger partial charge >= 0.3 is 5.97 Å². The van der Waals surface area contributed by atoms with Crippen LogP contribution in [0, 0.1) is 23.2 Å². The first-order chi connectivity index (χ1) is 7.41. The second-order valence-corrected chi connectivity index (χ2v) is 5.14. The minimum Gasteiger partial charge on any atom is -0.469 e. The predicted molar refractivity (Wildman–Crippen MR) is 55.5 cm³/mol. The van der Waals surface area contributed by atoms with Crippen LogP contribution in [0.25, 0.3) is 0 Å². The van der Waals surface area contributed by atoms with Crippen LogP contribution in [0.2, 0.25) is 0 Å². The fourth-order valence-corrected chi connectivity index (χ4v) is 3.12. The highest BCUT2D eigenvalue weighted by Crippen LogP contribution is 2.53. The summed E-state index contributed by atoms with van der Waals surface area (Å²) in [7, 11) is 1.35. The zero-order valence-electron chi connectivity index (χ0n) is 9.78. The van der Waals surface area contributed by atoms with E-state index in [0.29, 0.717) is 12.8 Å². The van der Waals surface area contributed by atoms with Crippen LogP contribution in [-0.4, -0.2) is 24.6 Å². The van der Waals surface area contributed by atoms with Gasteiger partial charge in [0.25, 0.3) is 0 Å². The molecule has 0 amide bonds. The molecule has 3 aliphatic carbocycles. The zero-order chi connectivity index (χ0) is 12.1. The van der Waals surface area contributed by atoms with Crippen LogP contribution in [0.15, 0.2) is 0 Å². The van der Waals surface area contributed by atoms with Crippen molar-refractivity contribution in [2.75, 3.05) is 7.11 Å². The quantitative estimate of drug-likeness (QED) is 0.492. The molecule has 0 aromatic carbocycles. The summed E-state index contributed by atoms with van der Waals surface area (Å²) in [5.74, 6) is -1.41. The van der Waals surface area contributed by atoms with E-state index in [1.54, 1.807) is 0 Å². The Morgan fingerprint density at radius 1 is 1.44 bits per heavy atom. The molecule has 3 saturated carbocycles. The molecule has 0 spiro atoms. The number of hydrogen-bond acceptors (Lipinski definition) is 4. The topological polar surface area (TPSA) is 60.4 Å². The number of esters is 1. The van der Waals surface area contributed by atoms with E-state index in [2.05, 4.69) is 0 Å². The number of ether oxygens (including phenoxy) is 1. The molecule has 0 aromatic heterocycles. The monoisotopic (exact) mass is 224 g/mol. The lowest BCUT2D eigenvalue weighted by Crippen LogP contribution is -2.57. The number of carbonyl (C=O) groups excluding carboxylic acids is 3. The molecule has 2 bridgehead atoms. The molecular weight excluding hydrogens is 208 g/mol. The van der Waals surface area contributed by atoms with Crippen LogP contribution in [0.3, 0.4) is 0 Å². The highest BCUT2D eigenvalue weighted by Gasteiger charge is 2.59. The van der Waals surface area contributed by atoms with Crippen molar-refractivity contribution in [3.05, 3.63) is 0 Å². The van der Waals surface area contributed by atoms with Crippen LogP contribution < -0.4 is 0 Å². The molecule has 0 aliphatic heterocycles. The lowest BCUT2D eigenvalue weighted by molar-refractivity contribution is -0.169. The molecule has 3 aliphatic rings. The molecule has 16 heavy (non-hydrogen) atoms. The highest BCUT2D eigenvalue weighted by atomic mass is 16.5. The molecule has 3 rings (SSSR count). The molecule has 0 radical (unpaired) electrons. The van der Waals surface area contributed by atoms with Gasteiger partial charge < -0.3 is 4.74 Å². The van der Waals surface area contributed by atoms with Gasteiger partial charge in [0.1, 0.15) is 11.6 Å². The number of carbonyl (C=O) groups is 3. The molecule has 0 saturated heterocycles. The highest BCUT2D eigenvalue weighted by molar-refractivity contribution is 6.08. The van der Waals surface area contributed by atoms with Crippen molar-refractivity contribution in [2.45, 2.75) is 26.7 Å². The number of fused-ring (bicyclic) bond motifs is 3. The summed E-state index contributed by atoms with van der Waals surface area (Å²) in [6.45, 7) is 3.67. The predicted octanol–water partition coefficient (Wildman–Crippen LogP) is 0.980. The van der Waals surface area contributed by atoms with Crippen LogP contribution >= 0.6 is 0 Å². The van der Waals surface area contributed by atoms with Gasteiger partial charge in [-0.2, -0.15) is 0 Å². The first-order valence-corrected chi connectivity index (χ1v) is 5.56. The summed E-state index contributed by atoms with van der Waals surface area (Å²) in [4.78, 5) is 35.3. The summed E-state index contributed by atoms with van der Waals surface area (Å²) in [5.41, 5.74) is -0.546. The molecule has 4 heteroatoms. The van der Waals surface area contributed by atoms with Crippen molar-refractivity contribution in [1.82, 2.24) is 0 Å². The molecular formula is C12H16O4. The molecule has 0 N–H and O–H groups in total. The van der Waals surface area contributed by atoms with E-state index < -0.39 is 11.3 Å². The van der Waals surface area contributed by atoms with Crippen molar-refractivity contribution < 1.29 is 19.1 Å². The first kappa shape index (κ1) is 11.3. The zero-order valence-corrected chi connectivity index (χ0v) is 9.78. The molecule has 0 unspecified atom stereocenters. The van der Waals surface area contributed by atoms with E-state index in [1.807, 2.05) is 13.8 Å². The van der Waals surface area contributed by atoms with Crippen LogP contribution in [-0.2, 0) is 19.1 Å². The summed E-state index contributed by atoms with van der Waals surface area (Å²) in [6.07, 6.45) is 0.662. The van der Waals surface area contributed by atoms with Gasteiger partial charge in [-0.15, -0.1) is 0 Å². The number of hydrogen-bond donors (Lipinski definition) is 0. The number of ketones is 2. The Bertz CT molecular complexity index is 373. The Labute approximate surface area is 94.3 Å². The maximum absolute atomic E-state index is 11.9. The molecule has 4 atom stereocenters. The molecule has 4 nitrogen and oxygen atoms in total. The van der Waals surface area contributed by atoms with Gasteiger partial charge in [0, 0.05) is 12.3 Å². The Balaban J connectivity index is 2.39. The third kappa shape index (κ3) is 1.25.